The Bertz CT molecular complexity index is 505. The predicted octanol–water partition coefficient (Wildman–Crippen LogP) is 3.04. The first-order valence-corrected chi connectivity index (χ1v) is 6.36. The van der Waals surface area contributed by atoms with Gasteiger partial charge in [0.05, 0.1) is 0 Å². The summed E-state index contributed by atoms with van der Waals surface area (Å²) in [7, 11) is 1.80. The second-order valence-corrected chi connectivity index (χ2v) is 4.63. The maximum atomic E-state index is 6.14. The topological polar surface area (TPSA) is 43.8 Å². The van der Waals surface area contributed by atoms with Crippen molar-refractivity contribution >= 4 is 29.3 Å². The second-order valence-electron chi connectivity index (χ2n) is 3.40. The molecular formula is C11H12ClN3S. The Labute approximate surface area is 104 Å². The molecule has 5 heteroatoms. The monoisotopic (exact) mass is 253 g/mol. The Hall–Kier alpha value is -1.13. The highest BCUT2D eigenvalue weighted by molar-refractivity contribution is 7.98. The lowest BCUT2D eigenvalue weighted by molar-refractivity contribution is 0.931. The molecule has 0 unspecified atom stereocenters. The molecule has 2 aromatic rings. The zero-order chi connectivity index (χ0) is 11.7. The molecule has 0 spiro atoms. The van der Waals surface area contributed by atoms with Crippen LogP contribution in [0.2, 0.25) is 5.15 Å². The molecule has 0 saturated carbocycles. The highest BCUT2D eigenvalue weighted by Crippen LogP contribution is 2.29. The Morgan fingerprint density at radius 1 is 1.31 bits per heavy atom. The lowest BCUT2D eigenvalue weighted by Crippen LogP contribution is -1.96. The lowest BCUT2D eigenvalue weighted by atomic mass is 10.2. The van der Waals surface area contributed by atoms with Gasteiger partial charge < -0.3 is 10.3 Å². The van der Waals surface area contributed by atoms with Gasteiger partial charge in [0.2, 0.25) is 5.95 Å². The van der Waals surface area contributed by atoms with Gasteiger partial charge in [-0.1, -0.05) is 23.7 Å². The van der Waals surface area contributed by atoms with Gasteiger partial charge in [0.1, 0.15) is 10.8 Å². The molecule has 0 fully saturated rings. The summed E-state index contributed by atoms with van der Waals surface area (Å²) in [5.74, 6) is 0.425. The molecule has 0 atom stereocenters. The minimum atomic E-state index is 0.425. The van der Waals surface area contributed by atoms with Crippen LogP contribution in [0.25, 0.3) is 11.3 Å². The molecule has 1 aromatic carbocycles. The molecule has 84 valence electrons. The van der Waals surface area contributed by atoms with Gasteiger partial charge in [-0.3, -0.25) is 0 Å². The van der Waals surface area contributed by atoms with Gasteiger partial charge >= 0.3 is 0 Å². The molecule has 0 bridgehead atoms. The Kier molecular flexibility index (Phi) is 3.12. The Morgan fingerprint density at radius 2 is 1.94 bits per heavy atom. The summed E-state index contributed by atoms with van der Waals surface area (Å²) in [6.07, 6.45) is 2.04. The third kappa shape index (κ3) is 1.90. The van der Waals surface area contributed by atoms with Crippen LogP contribution >= 0.6 is 23.4 Å². The SMILES string of the molecule is CSc1ccc(-c2nc(N)n(C)c2Cl)cc1. The van der Waals surface area contributed by atoms with Crippen molar-refractivity contribution in [3.8, 4) is 11.3 Å². The highest BCUT2D eigenvalue weighted by atomic mass is 35.5. The van der Waals surface area contributed by atoms with E-state index >= 15 is 0 Å². The number of nitrogen functional groups attached to an aromatic ring is 1. The molecule has 3 nitrogen and oxygen atoms in total. The van der Waals surface area contributed by atoms with E-state index in [9.17, 15) is 0 Å². The summed E-state index contributed by atoms with van der Waals surface area (Å²) in [5.41, 5.74) is 7.41. The fourth-order valence-corrected chi connectivity index (χ4v) is 2.07. The molecule has 1 aromatic heterocycles. The van der Waals surface area contributed by atoms with Crippen LogP contribution in [0.4, 0.5) is 5.95 Å². The average molecular weight is 254 g/mol. The molecule has 0 amide bonds. The van der Waals surface area contributed by atoms with Crippen molar-refractivity contribution in [1.82, 2.24) is 9.55 Å². The summed E-state index contributed by atoms with van der Waals surface area (Å²) >= 11 is 7.84. The number of hydrogen-bond donors (Lipinski definition) is 1. The van der Waals surface area contributed by atoms with E-state index in [1.165, 1.54) is 4.90 Å². The van der Waals surface area contributed by atoms with Gasteiger partial charge in [0.25, 0.3) is 0 Å². The number of hydrogen-bond acceptors (Lipinski definition) is 3. The number of aromatic nitrogens is 2. The van der Waals surface area contributed by atoms with E-state index in [0.29, 0.717) is 11.1 Å². The third-order valence-corrected chi connectivity index (χ3v) is 3.60. The van der Waals surface area contributed by atoms with Crippen LogP contribution in [-0.4, -0.2) is 15.8 Å². The minimum absolute atomic E-state index is 0.425. The van der Waals surface area contributed by atoms with Gasteiger partial charge in [-0.25, -0.2) is 4.98 Å². The van der Waals surface area contributed by atoms with Crippen molar-refractivity contribution < 1.29 is 0 Å². The van der Waals surface area contributed by atoms with Crippen molar-refractivity contribution in [3.63, 3.8) is 0 Å². The molecule has 0 aliphatic carbocycles. The number of thioether (sulfide) groups is 1. The minimum Gasteiger partial charge on any atom is -0.369 e. The van der Waals surface area contributed by atoms with E-state index in [1.807, 2.05) is 30.5 Å². The van der Waals surface area contributed by atoms with Crippen molar-refractivity contribution in [2.45, 2.75) is 4.90 Å². The number of halogens is 1. The zero-order valence-electron chi connectivity index (χ0n) is 9.07. The van der Waals surface area contributed by atoms with Gasteiger partial charge in [0.15, 0.2) is 0 Å². The van der Waals surface area contributed by atoms with Crippen LogP contribution in [0.15, 0.2) is 29.2 Å². The van der Waals surface area contributed by atoms with Gasteiger partial charge in [-0.05, 0) is 18.4 Å². The molecule has 0 saturated heterocycles. The standard InChI is InChI=1S/C11H12ClN3S/c1-15-10(12)9(14-11(15)13)7-3-5-8(16-2)6-4-7/h3-6H,1-2H3,(H2,13,14). The average Bonchev–Trinajstić information content (AvgIpc) is 2.57. The first-order chi connectivity index (χ1) is 7.63. The van der Waals surface area contributed by atoms with Crippen LogP contribution in [0, 0.1) is 0 Å². The normalized spacial score (nSPS) is 10.7. The quantitative estimate of drug-likeness (QED) is 0.837. The van der Waals surface area contributed by atoms with E-state index in [-0.39, 0.29) is 0 Å². The Morgan fingerprint density at radius 3 is 2.38 bits per heavy atom. The van der Waals surface area contributed by atoms with Crippen LogP contribution < -0.4 is 5.73 Å². The van der Waals surface area contributed by atoms with Crippen LogP contribution in [0.1, 0.15) is 0 Å². The van der Waals surface area contributed by atoms with Crippen LogP contribution in [0.5, 0.6) is 0 Å². The van der Waals surface area contributed by atoms with E-state index in [0.717, 1.165) is 11.3 Å². The number of benzene rings is 1. The molecule has 2 rings (SSSR count). The van der Waals surface area contributed by atoms with Gasteiger partial charge in [-0.2, -0.15) is 0 Å². The predicted molar refractivity (Wildman–Crippen MR) is 69.8 cm³/mol. The van der Waals surface area contributed by atoms with Crippen LogP contribution in [0.3, 0.4) is 0 Å². The number of imidazole rings is 1. The largest absolute Gasteiger partial charge is 0.369 e. The summed E-state index contributed by atoms with van der Waals surface area (Å²) in [5, 5.41) is 0.564. The first-order valence-electron chi connectivity index (χ1n) is 4.75. The number of anilines is 1. The molecule has 0 aliphatic heterocycles. The summed E-state index contributed by atoms with van der Waals surface area (Å²) < 4.78 is 1.67. The van der Waals surface area contributed by atoms with E-state index in [2.05, 4.69) is 4.98 Å². The summed E-state index contributed by atoms with van der Waals surface area (Å²) in [6, 6.07) is 8.08. The maximum Gasteiger partial charge on any atom is 0.201 e. The summed E-state index contributed by atoms with van der Waals surface area (Å²) in [4.78, 5) is 5.45. The molecular weight excluding hydrogens is 242 g/mol. The molecule has 0 aliphatic rings. The fourth-order valence-electron chi connectivity index (χ4n) is 1.43. The number of nitrogens with zero attached hydrogens (tertiary/aromatic N) is 2. The molecule has 2 N–H and O–H groups in total. The van der Waals surface area contributed by atoms with E-state index < -0.39 is 0 Å². The Balaban J connectivity index is 2.46. The molecule has 1 heterocycles. The second kappa shape index (κ2) is 4.39. The first kappa shape index (κ1) is 11.4. The number of rotatable bonds is 2. The third-order valence-electron chi connectivity index (χ3n) is 2.42. The smallest absolute Gasteiger partial charge is 0.201 e. The van der Waals surface area contributed by atoms with E-state index in [1.54, 1.807) is 23.4 Å². The molecule has 16 heavy (non-hydrogen) atoms. The fraction of sp³-hybridized carbons (Fsp3) is 0.182. The highest BCUT2D eigenvalue weighted by Gasteiger charge is 2.12. The number of nitrogens with two attached hydrogens (primary N) is 1. The van der Waals surface area contributed by atoms with Crippen molar-refractivity contribution in [2.24, 2.45) is 7.05 Å². The lowest BCUT2D eigenvalue weighted by Gasteiger charge is -2.00. The van der Waals surface area contributed by atoms with Crippen LogP contribution in [-0.2, 0) is 7.05 Å². The van der Waals surface area contributed by atoms with Crippen molar-refractivity contribution in [1.29, 1.82) is 0 Å². The maximum absolute atomic E-state index is 6.14. The molecule has 0 radical (unpaired) electrons. The van der Waals surface area contributed by atoms with Gasteiger partial charge in [-0.15, -0.1) is 11.8 Å². The van der Waals surface area contributed by atoms with Crippen molar-refractivity contribution in [2.75, 3.05) is 12.0 Å². The van der Waals surface area contributed by atoms with Gasteiger partial charge in [0, 0.05) is 17.5 Å². The summed E-state index contributed by atoms with van der Waals surface area (Å²) in [6.45, 7) is 0. The zero-order valence-corrected chi connectivity index (χ0v) is 10.6. The van der Waals surface area contributed by atoms with Crippen molar-refractivity contribution in [3.05, 3.63) is 29.4 Å². The van der Waals surface area contributed by atoms with E-state index in [4.69, 9.17) is 17.3 Å².